The van der Waals surface area contributed by atoms with E-state index in [4.69, 9.17) is 9.47 Å². The van der Waals surface area contributed by atoms with Crippen molar-refractivity contribution < 1.29 is 22.6 Å². The van der Waals surface area contributed by atoms with Gasteiger partial charge >= 0.3 is 6.18 Å². The zero-order chi connectivity index (χ0) is 17.4. The summed E-state index contributed by atoms with van der Waals surface area (Å²) in [6.07, 6.45) is -0.178. The molecule has 1 heterocycles. The van der Waals surface area contributed by atoms with Crippen molar-refractivity contribution in [2.24, 2.45) is 0 Å². The van der Waals surface area contributed by atoms with Crippen LogP contribution in [0.25, 0.3) is 0 Å². The first-order chi connectivity index (χ1) is 11.5. The first kappa shape index (κ1) is 17.8. The molecule has 0 aliphatic rings. The van der Waals surface area contributed by atoms with Crippen LogP contribution in [-0.4, -0.2) is 18.2 Å². The van der Waals surface area contributed by atoms with Gasteiger partial charge in [0.1, 0.15) is 19.0 Å². The van der Waals surface area contributed by atoms with E-state index in [2.05, 4.69) is 4.98 Å². The minimum absolute atomic E-state index is 0.190. The third kappa shape index (κ3) is 5.61. The Morgan fingerprint density at radius 3 is 2.62 bits per heavy atom. The topological polar surface area (TPSA) is 31.4 Å². The maximum absolute atomic E-state index is 12.7. The summed E-state index contributed by atoms with van der Waals surface area (Å²) in [6, 6.07) is 10.2. The van der Waals surface area contributed by atoms with Gasteiger partial charge in [0.15, 0.2) is 0 Å². The molecule has 128 valence electrons. The normalized spacial score (nSPS) is 12.1. The van der Waals surface area contributed by atoms with E-state index in [0.29, 0.717) is 18.9 Å². The van der Waals surface area contributed by atoms with Crippen molar-refractivity contribution in [3.05, 3.63) is 65.9 Å². The standard InChI is InChI=1S/C18H18F3NO2/c1-2-14(9-11-23-17-8-3-4-10-22-17)13-24-16-7-5-6-15(12-16)18(19,20)21/h3-10,12H,2,11,13H2,1H3/b14-9+. The molecule has 1 aromatic heterocycles. The van der Waals surface area contributed by atoms with Crippen LogP contribution in [-0.2, 0) is 6.18 Å². The Kier molecular flexibility index (Phi) is 6.23. The highest BCUT2D eigenvalue weighted by Gasteiger charge is 2.30. The third-order valence-corrected chi connectivity index (χ3v) is 3.28. The lowest BCUT2D eigenvalue weighted by Gasteiger charge is -2.11. The lowest BCUT2D eigenvalue weighted by Crippen LogP contribution is -2.07. The van der Waals surface area contributed by atoms with Crippen LogP contribution in [0.1, 0.15) is 18.9 Å². The molecule has 1 aromatic carbocycles. The van der Waals surface area contributed by atoms with E-state index in [1.165, 1.54) is 12.1 Å². The highest BCUT2D eigenvalue weighted by atomic mass is 19.4. The number of halogens is 3. The van der Waals surface area contributed by atoms with E-state index in [0.717, 1.165) is 17.7 Å². The molecule has 0 atom stereocenters. The Morgan fingerprint density at radius 1 is 1.12 bits per heavy atom. The fourth-order valence-electron chi connectivity index (χ4n) is 1.92. The van der Waals surface area contributed by atoms with Crippen molar-refractivity contribution in [2.75, 3.05) is 13.2 Å². The van der Waals surface area contributed by atoms with Gasteiger partial charge in [-0.3, -0.25) is 0 Å². The summed E-state index contributed by atoms with van der Waals surface area (Å²) in [5, 5.41) is 0. The van der Waals surface area contributed by atoms with Gasteiger partial charge in [0.2, 0.25) is 5.88 Å². The first-order valence-electron chi connectivity index (χ1n) is 7.51. The zero-order valence-corrected chi connectivity index (χ0v) is 13.2. The number of hydrogen-bond donors (Lipinski definition) is 0. The minimum atomic E-state index is -4.38. The number of rotatable bonds is 7. The maximum Gasteiger partial charge on any atom is 0.416 e. The Bertz CT molecular complexity index is 669. The number of benzene rings is 1. The monoisotopic (exact) mass is 337 g/mol. The van der Waals surface area contributed by atoms with Crippen molar-refractivity contribution in [1.82, 2.24) is 4.98 Å². The number of nitrogens with zero attached hydrogens (tertiary/aromatic N) is 1. The Labute approximate surface area is 138 Å². The molecule has 0 spiro atoms. The van der Waals surface area contributed by atoms with Gasteiger partial charge in [0.05, 0.1) is 5.56 Å². The average molecular weight is 337 g/mol. The van der Waals surface area contributed by atoms with Crippen molar-refractivity contribution in [2.45, 2.75) is 19.5 Å². The highest BCUT2D eigenvalue weighted by molar-refractivity contribution is 5.30. The van der Waals surface area contributed by atoms with Gasteiger partial charge in [-0.1, -0.05) is 19.1 Å². The van der Waals surface area contributed by atoms with Crippen LogP contribution in [0.3, 0.4) is 0 Å². The second-order valence-corrected chi connectivity index (χ2v) is 5.01. The molecule has 2 aromatic rings. The molecule has 0 amide bonds. The Balaban J connectivity index is 1.90. The molecule has 2 rings (SSSR count). The molecular weight excluding hydrogens is 319 g/mol. The molecule has 0 aliphatic heterocycles. The van der Waals surface area contributed by atoms with Gasteiger partial charge < -0.3 is 9.47 Å². The number of ether oxygens (including phenoxy) is 2. The van der Waals surface area contributed by atoms with Crippen LogP contribution in [0.5, 0.6) is 11.6 Å². The summed E-state index contributed by atoms with van der Waals surface area (Å²) in [7, 11) is 0. The molecule has 6 heteroatoms. The maximum atomic E-state index is 12.7. The van der Waals surface area contributed by atoms with Gasteiger partial charge in [-0.15, -0.1) is 0 Å². The van der Waals surface area contributed by atoms with Crippen LogP contribution >= 0.6 is 0 Å². The largest absolute Gasteiger partial charge is 0.489 e. The van der Waals surface area contributed by atoms with Crippen molar-refractivity contribution in [3.8, 4) is 11.6 Å². The summed E-state index contributed by atoms with van der Waals surface area (Å²) in [6.45, 7) is 2.48. The summed E-state index contributed by atoms with van der Waals surface area (Å²) < 4.78 is 48.9. The van der Waals surface area contributed by atoms with Crippen molar-refractivity contribution >= 4 is 0 Å². The van der Waals surface area contributed by atoms with E-state index in [1.807, 2.05) is 19.1 Å². The van der Waals surface area contributed by atoms with E-state index < -0.39 is 11.7 Å². The average Bonchev–Trinajstić information content (AvgIpc) is 2.58. The van der Waals surface area contributed by atoms with Crippen molar-refractivity contribution in [3.63, 3.8) is 0 Å². The molecule has 3 nitrogen and oxygen atoms in total. The fourth-order valence-corrected chi connectivity index (χ4v) is 1.92. The molecule has 0 saturated heterocycles. The van der Waals surface area contributed by atoms with Crippen LogP contribution in [0.2, 0.25) is 0 Å². The van der Waals surface area contributed by atoms with Crippen LogP contribution in [0.15, 0.2) is 60.3 Å². The lowest BCUT2D eigenvalue weighted by molar-refractivity contribution is -0.137. The minimum Gasteiger partial charge on any atom is -0.489 e. The molecular formula is C18H18F3NO2. The van der Waals surface area contributed by atoms with Crippen molar-refractivity contribution in [1.29, 1.82) is 0 Å². The second-order valence-electron chi connectivity index (χ2n) is 5.01. The fraction of sp³-hybridized carbons (Fsp3) is 0.278. The summed E-state index contributed by atoms with van der Waals surface area (Å²) in [5.41, 5.74) is 0.212. The lowest BCUT2D eigenvalue weighted by atomic mass is 10.2. The molecule has 0 aliphatic carbocycles. The predicted octanol–water partition coefficient (Wildman–Crippen LogP) is 4.89. The Hall–Kier alpha value is -2.50. The van der Waals surface area contributed by atoms with Crippen LogP contribution in [0, 0.1) is 0 Å². The quantitative estimate of drug-likeness (QED) is 0.674. The molecule has 0 bridgehead atoms. The van der Waals surface area contributed by atoms with E-state index in [-0.39, 0.29) is 12.4 Å². The Morgan fingerprint density at radius 2 is 1.96 bits per heavy atom. The molecule has 24 heavy (non-hydrogen) atoms. The number of pyridine rings is 1. The van der Waals surface area contributed by atoms with E-state index in [1.54, 1.807) is 18.3 Å². The van der Waals surface area contributed by atoms with E-state index >= 15 is 0 Å². The number of alkyl halides is 3. The number of hydrogen-bond acceptors (Lipinski definition) is 3. The van der Waals surface area contributed by atoms with Gasteiger partial charge in [-0.25, -0.2) is 4.98 Å². The summed E-state index contributed by atoms with van der Waals surface area (Å²) in [4.78, 5) is 4.04. The summed E-state index contributed by atoms with van der Waals surface area (Å²) in [5.74, 6) is 0.706. The van der Waals surface area contributed by atoms with Gasteiger partial charge in [0, 0.05) is 12.3 Å². The second kappa shape index (κ2) is 8.38. The smallest absolute Gasteiger partial charge is 0.416 e. The SMILES string of the molecule is CC/C(=C\COc1ccccn1)COc1cccc(C(F)(F)F)c1. The van der Waals surface area contributed by atoms with Crippen LogP contribution < -0.4 is 9.47 Å². The first-order valence-corrected chi connectivity index (χ1v) is 7.51. The number of aromatic nitrogens is 1. The highest BCUT2D eigenvalue weighted by Crippen LogP contribution is 2.31. The van der Waals surface area contributed by atoms with Gasteiger partial charge in [-0.2, -0.15) is 13.2 Å². The summed E-state index contributed by atoms with van der Waals surface area (Å²) >= 11 is 0. The van der Waals surface area contributed by atoms with E-state index in [9.17, 15) is 13.2 Å². The molecule has 0 unspecified atom stereocenters. The zero-order valence-electron chi connectivity index (χ0n) is 13.2. The van der Waals surface area contributed by atoms with Gasteiger partial charge in [-0.05, 0) is 42.3 Å². The predicted molar refractivity (Wildman–Crippen MR) is 85.0 cm³/mol. The molecule has 0 N–H and O–H groups in total. The molecule has 0 saturated carbocycles. The molecule has 0 fully saturated rings. The van der Waals surface area contributed by atoms with Gasteiger partial charge in [0.25, 0.3) is 0 Å². The third-order valence-electron chi connectivity index (χ3n) is 3.28. The van der Waals surface area contributed by atoms with Crippen LogP contribution in [0.4, 0.5) is 13.2 Å². The molecule has 0 radical (unpaired) electrons.